The predicted octanol–water partition coefficient (Wildman–Crippen LogP) is 1.86. The Morgan fingerprint density at radius 1 is 1.33 bits per heavy atom. The van der Waals surface area contributed by atoms with Gasteiger partial charge in [0, 0.05) is 11.7 Å². The molecular weight excluding hydrogens is 190 g/mol. The molecule has 0 saturated heterocycles. The number of carboxylic acid groups (broad SMARTS) is 1. The van der Waals surface area contributed by atoms with Crippen molar-refractivity contribution in [1.82, 2.24) is 0 Å². The fourth-order valence-electron chi connectivity index (χ4n) is 1.57. The Kier molecular flexibility index (Phi) is 3.35. The first-order chi connectivity index (χ1) is 6.93. The van der Waals surface area contributed by atoms with Crippen LogP contribution in [0.1, 0.15) is 25.0 Å². The number of nitrogens with zero attached hydrogens (tertiary/aromatic N) is 1. The average Bonchev–Trinajstić information content (AvgIpc) is 2.10. The van der Waals surface area contributed by atoms with E-state index in [1.807, 2.05) is 45.9 Å². The minimum Gasteiger partial charge on any atom is -0.530 e. The summed E-state index contributed by atoms with van der Waals surface area (Å²) in [4.78, 5) is 12.3. The van der Waals surface area contributed by atoms with Gasteiger partial charge in [-0.3, -0.25) is 0 Å². The van der Waals surface area contributed by atoms with Gasteiger partial charge in [-0.25, -0.2) is 0 Å². The van der Waals surface area contributed by atoms with E-state index >= 15 is 0 Å². The van der Waals surface area contributed by atoms with Crippen LogP contribution in [0.5, 0.6) is 0 Å². The SMILES string of the molecule is Cc1ccc(C)c(N(C(=O)[O-])C(C)C)c1. The number of benzene rings is 1. The fraction of sp³-hybridized carbons (Fsp3) is 0.417. The molecule has 1 amide bonds. The second kappa shape index (κ2) is 4.34. The van der Waals surface area contributed by atoms with Crippen molar-refractivity contribution in [3.05, 3.63) is 29.3 Å². The first-order valence-electron chi connectivity index (χ1n) is 5.01. The molecule has 1 aromatic carbocycles. The lowest BCUT2D eigenvalue weighted by atomic mass is 10.1. The molecule has 0 aromatic heterocycles. The summed E-state index contributed by atoms with van der Waals surface area (Å²) < 4.78 is 0. The van der Waals surface area contributed by atoms with E-state index in [-0.39, 0.29) is 6.04 Å². The minimum absolute atomic E-state index is 0.115. The first kappa shape index (κ1) is 11.6. The molecule has 1 rings (SSSR count). The van der Waals surface area contributed by atoms with Gasteiger partial charge in [-0.05, 0) is 44.9 Å². The number of aryl methyl sites for hydroxylation is 2. The standard InChI is InChI=1S/C12H17NO2/c1-8(2)13(12(14)15)11-7-9(3)5-6-10(11)4/h5-8H,1-4H3,(H,14,15)/p-1. The van der Waals surface area contributed by atoms with Gasteiger partial charge in [0.25, 0.3) is 0 Å². The van der Waals surface area contributed by atoms with Crippen molar-refractivity contribution >= 4 is 11.8 Å². The Hall–Kier alpha value is -1.51. The number of rotatable bonds is 2. The van der Waals surface area contributed by atoms with Crippen LogP contribution in [0, 0.1) is 13.8 Å². The second-order valence-corrected chi connectivity index (χ2v) is 4.02. The number of anilines is 1. The van der Waals surface area contributed by atoms with Crippen LogP contribution in [0.2, 0.25) is 0 Å². The van der Waals surface area contributed by atoms with Crippen LogP contribution in [0.25, 0.3) is 0 Å². The number of carbonyl (C=O) groups excluding carboxylic acids is 1. The van der Waals surface area contributed by atoms with Crippen molar-refractivity contribution in [3.63, 3.8) is 0 Å². The predicted molar refractivity (Wildman–Crippen MR) is 58.9 cm³/mol. The van der Waals surface area contributed by atoms with Gasteiger partial charge < -0.3 is 14.8 Å². The summed E-state index contributed by atoms with van der Waals surface area (Å²) >= 11 is 0. The number of amides is 1. The van der Waals surface area contributed by atoms with E-state index in [9.17, 15) is 9.90 Å². The van der Waals surface area contributed by atoms with Gasteiger partial charge in [0.1, 0.15) is 6.09 Å². The molecule has 0 radical (unpaired) electrons. The molecule has 15 heavy (non-hydrogen) atoms. The van der Waals surface area contributed by atoms with Gasteiger partial charge in [-0.2, -0.15) is 0 Å². The molecule has 0 N–H and O–H groups in total. The highest BCUT2D eigenvalue weighted by Gasteiger charge is 2.13. The van der Waals surface area contributed by atoms with Gasteiger partial charge in [0.15, 0.2) is 0 Å². The summed E-state index contributed by atoms with van der Waals surface area (Å²) in [6.07, 6.45) is -1.15. The summed E-state index contributed by atoms with van der Waals surface area (Å²) in [5.41, 5.74) is 2.70. The zero-order chi connectivity index (χ0) is 11.6. The summed E-state index contributed by atoms with van der Waals surface area (Å²) in [5, 5.41) is 11.0. The van der Waals surface area contributed by atoms with Gasteiger partial charge in [0.2, 0.25) is 0 Å². The maximum absolute atomic E-state index is 11.0. The van der Waals surface area contributed by atoms with Crippen molar-refractivity contribution in [2.75, 3.05) is 4.90 Å². The zero-order valence-electron chi connectivity index (χ0n) is 9.57. The van der Waals surface area contributed by atoms with Gasteiger partial charge in [-0.1, -0.05) is 12.1 Å². The lowest BCUT2D eigenvalue weighted by Gasteiger charge is -2.30. The van der Waals surface area contributed by atoms with E-state index in [1.54, 1.807) is 0 Å². The van der Waals surface area contributed by atoms with Crippen LogP contribution in [0.15, 0.2) is 18.2 Å². The molecule has 82 valence electrons. The molecule has 0 spiro atoms. The lowest BCUT2D eigenvalue weighted by molar-refractivity contribution is -0.247. The molecule has 0 unspecified atom stereocenters. The Morgan fingerprint density at radius 3 is 2.40 bits per heavy atom. The molecule has 0 saturated carbocycles. The van der Waals surface area contributed by atoms with E-state index in [4.69, 9.17) is 0 Å². The van der Waals surface area contributed by atoms with Crippen LogP contribution in [0.3, 0.4) is 0 Å². The number of carbonyl (C=O) groups is 1. The monoisotopic (exact) mass is 206 g/mol. The van der Waals surface area contributed by atoms with Crippen LogP contribution in [-0.4, -0.2) is 12.1 Å². The lowest BCUT2D eigenvalue weighted by Crippen LogP contribution is -2.45. The Balaban J connectivity index is 3.22. The molecule has 0 atom stereocenters. The molecule has 0 fully saturated rings. The fourth-order valence-corrected chi connectivity index (χ4v) is 1.57. The van der Waals surface area contributed by atoms with E-state index in [0.717, 1.165) is 11.1 Å². The second-order valence-electron chi connectivity index (χ2n) is 4.02. The molecule has 0 aliphatic carbocycles. The minimum atomic E-state index is -1.15. The Bertz CT molecular complexity index is 372. The van der Waals surface area contributed by atoms with Gasteiger partial charge in [-0.15, -0.1) is 0 Å². The summed E-state index contributed by atoms with van der Waals surface area (Å²) in [6.45, 7) is 7.50. The molecule has 3 nitrogen and oxygen atoms in total. The highest BCUT2D eigenvalue weighted by molar-refractivity contribution is 5.86. The van der Waals surface area contributed by atoms with Crippen LogP contribution >= 0.6 is 0 Å². The van der Waals surface area contributed by atoms with E-state index in [0.29, 0.717) is 5.69 Å². The quantitative estimate of drug-likeness (QED) is 0.741. The number of hydrogen-bond acceptors (Lipinski definition) is 2. The zero-order valence-corrected chi connectivity index (χ0v) is 9.57. The van der Waals surface area contributed by atoms with Crippen LogP contribution in [-0.2, 0) is 0 Å². The van der Waals surface area contributed by atoms with Crippen molar-refractivity contribution in [2.24, 2.45) is 0 Å². The molecular formula is C12H16NO2-. The van der Waals surface area contributed by atoms with Crippen molar-refractivity contribution < 1.29 is 9.90 Å². The normalized spacial score (nSPS) is 10.5. The Labute approximate surface area is 90.3 Å². The average molecular weight is 206 g/mol. The largest absolute Gasteiger partial charge is 0.530 e. The maximum Gasteiger partial charge on any atom is 0.141 e. The van der Waals surface area contributed by atoms with Gasteiger partial charge in [0.05, 0.1) is 0 Å². The summed E-state index contributed by atoms with van der Waals surface area (Å²) in [5.74, 6) is 0. The smallest absolute Gasteiger partial charge is 0.141 e. The van der Waals surface area contributed by atoms with E-state index in [2.05, 4.69) is 0 Å². The van der Waals surface area contributed by atoms with Crippen molar-refractivity contribution in [3.8, 4) is 0 Å². The molecule has 0 heterocycles. The first-order valence-corrected chi connectivity index (χ1v) is 5.01. The molecule has 0 aliphatic heterocycles. The van der Waals surface area contributed by atoms with Crippen LogP contribution < -0.4 is 10.0 Å². The molecule has 1 aromatic rings. The maximum atomic E-state index is 11.0. The summed E-state index contributed by atoms with van der Waals surface area (Å²) in [6, 6.07) is 5.64. The highest BCUT2D eigenvalue weighted by atomic mass is 16.4. The third-order valence-electron chi connectivity index (χ3n) is 2.34. The van der Waals surface area contributed by atoms with E-state index < -0.39 is 6.09 Å². The highest BCUT2D eigenvalue weighted by Crippen LogP contribution is 2.23. The van der Waals surface area contributed by atoms with Gasteiger partial charge >= 0.3 is 0 Å². The topological polar surface area (TPSA) is 43.4 Å². The molecule has 0 aliphatic rings. The molecule has 0 bridgehead atoms. The number of hydrogen-bond donors (Lipinski definition) is 0. The van der Waals surface area contributed by atoms with Crippen LogP contribution in [0.4, 0.5) is 10.5 Å². The van der Waals surface area contributed by atoms with E-state index in [1.165, 1.54) is 4.90 Å². The van der Waals surface area contributed by atoms with Crippen molar-refractivity contribution in [2.45, 2.75) is 33.7 Å². The Morgan fingerprint density at radius 2 is 1.93 bits per heavy atom. The van der Waals surface area contributed by atoms with Crippen molar-refractivity contribution in [1.29, 1.82) is 0 Å². The molecule has 3 heteroatoms. The third-order valence-corrected chi connectivity index (χ3v) is 2.34. The summed E-state index contributed by atoms with van der Waals surface area (Å²) in [7, 11) is 0. The third kappa shape index (κ3) is 2.49.